The Morgan fingerprint density at radius 2 is 2.00 bits per heavy atom. The molecule has 1 aromatic carbocycles. The maximum absolute atomic E-state index is 12.2. The second-order valence-electron chi connectivity index (χ2n) is 5.42. The molecule has 0 aromatic heterocycles. The van der Waals surface area contributed by atoms with Gasteiger partial charge in [-0.15, -0.1) is 0 Å². The smallest absolute Gasteiger partial charge is 0.243 e. The van der Waals surface area contributed by atoms with Gasteiger partial charge in [0.05, 0.1) is 13.7 Å². The minimum absolute atomic E-state index is 0.0317. The number of hydrogen-bond acceptors (Lipinski definition) is 3. The third-order valence-electron chi connectivity index (χ3n) is 4.03. The zero-order chi connectivity index (χ0) is 15.4. The fourth-order valence-electron chi connectivity index (χ4n) is 2.57. The predicted molar refractivity (Wildman–Crippen MR) is 79.8 cm³/mol. The van der Waals surface area contributed by atoms with Crippen molar-refractivity contribution in [3.8, 4) is 5.75 Å². The molecule has 0 aliphatic carbocycles. The Labute approximate surface area is 125 Å². The van der Waals surface area contributed by atoms with Crippen molar-refractivity contribution in [2.24, 2.45) is 5.92 Å². The number of amides is 2. The summed E-state index contributed by atoms with van der Waals surface area (Å²) in [5.41, 5.74) is 0.993. The molecule has 0 radical (unpaired) electrons. The highest BCUT2D eigenvalue weighted by atomic mass is 16.5. The summed E-state index contributed by atoms with van der Waals surface area (Å²) >= 11 is 0. The van der Waals surface area contributed by atoms with Gasteiger partial charge >= 0.3 is 0 Å². The van der Waals surface area contributed by atoms with Gasteiger partial charge in [-0.3, -0.25) is 9.59 Å². The average molecular weight is 290 g/mol. The third-order valence-corrected chi connectivity index (χ3v) is 4.03. The van der Waals surface area contributed by atoms with Crippen LogP contribution in [0.1, 0.15) is 25.8 Å². The summed E-state index contributed by atoms with van der Waals surface area (Å²) in [4.78, 5) is 26.0. The predicted octanol–water partition coefficient (Wildman–Crippen LogP) is 1.57. The standard InChI is InChI=1S/C16H22N2O3/c1-4-11(2)15-16(20)17-9-14(19)18(15)10-12-5-7-13(21-3)8-6-12/h5-8,11,15H,4,9-10H2,1-3H3,(H,17,20). The number of rotatable bonds is 5. The Balaban J connectivity index is 2.19. The van der Waals surface area contributed by atoms with Gasteiger partial charge in [-0.1, -0.05) is 32.4 Å². The molecule has 21 heavy (non-hydrogen) atoms. The van der Waals surface area contributed by atoms with Crippen LogP contribution in [-0.4, -0.2) is 36.4 Å². The molecule has 2 atom stereocenters. The van der Waals surface area contributed by atoms with E-state index in [2.05, 4.69) is 5.32 Å². The lowest BCUT2D eigenvalue weighted by Gasteiger charge is -2.38. The lowest BCUT2D eigenvalue weighted by molar-refractivity contribution is -0.148. The van der Waals surface area contributed by atoms with Crippen molar-refractivity contribution in [1.29, 1.82) is 0 Å². The average Bonchev–Trinajstić information content (AvgIpc) is 2.51. The van der Waals surface area contributed by atoms with Crippen LogP contribution in [0.4, 0.5) is 0 Å². The molecule has 1 fully saturated rings. The molecule has 1 N–H and O–H groups in total. The molecule has 1 saturated heterocycles. The van der Waals surface area contributed by atoms with E-state index in [1.807, 2.05) is 38.1 Å². The maximum Gasteiger partial charge on any atom is 0.243 e. The van der Waals surface area contributed by atoms with Gasteiger partial charge in [-0.25, -0.2) is 0 Å². The van der Waals surface area contributed by atoms with Gasteiger partial charge in [0, 0.05) is 6.54 Å². The van der Waals surface area contributed by atoms with E-state index in [-0.39, 0.29) is 24.3 Å². The van der Waals surface area contributed by atoms with E-state index in [0.717, 1.165) is 17.7 Å². The lowest BCUT2D eigenvalue weighted by atomic mass is 9.94. The van der Waals surface area contributed by atoms with Gasteiger partial charge in [0.2, 0.25) is 11.8 Å². The van der Waals surface area contributed by atoms with E-state index in [9.17, 15) is 9.59 Å². The van der Waals surface area contributed by atoms with Crippen LogP contribution in [-0.2, 0) is 16.1 Å². The molecule has 1 aliphatic rings. The van der Waals surface area contributed by atoms with E-state index in [0.29, 0.717) is 6.54 Å². The molecule has 1 aliphatic heterocycles. The number of piperazine rings is 1. The molecule has 0 bridgehead atoms. The van der Waals surface area contributed by atoms with Gasteiger partial charge in [0.15, 0.2) is 0 Å². The monoisotopic (exact) mass is 290 g/mol. The van der Waals surface area contributed by atoms with E-state index in [1.54, 1.807) is 12.0 Å². The van der Waals surface area contributed by atoms with E-state index < -0.39 is 6.04 Å². The SMILES string of the molecule is CCC(C)C1C(=O)NCC(=O)N1Cc1ccc(OC)cc1. The summed E-state index contributed by atoms with van der Waals surface area (Å²) in [6, 6.07) is 7.18. The zero-order valence-electron chi connectivity index (χ0n) is 12.8. The summed E-state index contributed by atoms with van der Waals surface area (Å²) in [6.45, 7) is 4.57. The highest BCUT2D eigenvalue weighted by molar-refractivity contribution is 5.95. The van der Waals surface area contributed by atoms with Gasteiger partial charge < -0.3 is 15.0 Å². The number of hydrogen-bond donors (Lipinski definition) is 1. The lowest BCUT2D eigenvalue weighted by Crippen LogP contribution is -2.60. The summed E-state index contributed by atoms with van der Waals surface area (Å²) in [5, 5.41) is 2.68. The summed E-state index contributed by atoms with van der Waals surface area (Å²) in [7, 11) is 1.62. The number of methoxy groups -OCH3 is 1. The van der Waals surface area contributed by atoms with Gasteiger partial charge in [-0.2, -0.15) is 0 Å². The number of nitrogens with one attached hydrogen (secondary N) is 1. The highest BCUT2D eigenvalue weighted by Crippen LogP contribution is 2.21. The summed E-state index contributed by atoms with van der Waals surface area (Å²) in [6.07, 6.45) is 0.852. The Morgan fingerprint density at radius 1 is 1.33 bits per heavy atom. The molecular weight excluding hydrogens is 268 g/mol. The minimum Gasteiger partial charge on any atom is -0.497 e. The van der Waals surface area contributed by atoms with Gasteiger partial charge in [0.1, 0.15) is 11.8 Å². The van der Waals surface area contributed by atoms with Crippen LogP contribution in [0.3, 0.4) is 0 Å². The Kier molecular flexibility index (Phi) is 4.83. The van der Waals surface area contributed by atoms with Crippen molar-refractivity contribution >= 4 is 11.8 Å². The zero-order valence-corrected chi connectivity index (χ0v) is 12.8. The highest BCUT2D eigenvalue weighted by Gasteiger charge is 2.37. The quantitative estimate of drug-likeness (QED) is 0.895. The number of ether oxygens (including phenoxy) is 1. The normalized spacial score (nSPS) is 20.1. The minimum atomic E-state index is -0.390. The topological polar surface area (TPSA) is 58.6 Å². The molecule has 0 spiro atoms. The Hall–Kier alpha value is -2.04. The van der Waals surface area contributed by atoms with Crippen LogP contribution >= 0.6 is 0 Å². The summed E-state index contributed by atoms with van der Waals surface area (Å²) < 4.78 is 5.13. The molecule has 2 amide bonds. The first-order chi connectivity index (χ1) is 10.1. The van der Waals surface area contributed by atoms with E-state index >= 15 is 0 Å². The van der Waals surface area contributed by atoms with E-state index in [4.69, 9.17) is 4.74 Å². The molecule has 1 heterocycles. The fraction of sp³-hybridized carbons (Fsp3) is 0.500. The second kappa shape index (κ2) is 6.61. The number of benzene rings is 1. The van der Waals surface area contributed by atoms with Crippen molar-refractivity contribution in [3.63, 3.8) is 0 Å². The van der Waals surface area contributed by atoms with Crippen LogP contribution < -0.4 is 10.1 Å². The third kappa shape index (κ3) is 3.35. The Bertz CT molecular complexity index is 513. The molecule has 5 nitrogen and oxygen atoms in total. The molecule has 1 aromatic rings. The molecule has 2 unspecified atom stereocenters. The molecular formula is C16H22N2O3. The van der Waals surface area contributed by atoms with Crippen LogP contribution in [0.15, 0.2) is 24.3 Å². The first kappa shape index (κ1) is 15.4. The van der Waals surface area contributed by atoms with Crippen LogP contribution in [0.2, 0.25) is 0 Å². The maximum atomic E-state index is 12.2. The Morgan fingerprint density at radius 3 is 2.57 bits per heavy atom. The number of nitrogens with zero attached hydrogens (tertiary/aromatic N) is 1. The van der Waals surface area contributed by atoms with Crippen molar-refractivity contribution in [2.45, 2.75) is 32.9 Å². The largest absolute Gasteiger partial charge is 0.497 e. The van der Waals surface area contributed by atoms with Crippen molar-refractivity contribution in [3.05, 3.63) is 29.8 Å². The fourth-order valence-corrected chi connectivity index (χ4v) is 2.57. The molecule has 5 heteroatoms. The first-order valence-electron chi connectivity index (χ1n) is 7.27. The van der Waals surface area contributed by atoms with Gasteiger partial charge in [-0.05, 0) is 23.6 Å². The van der Waals surface area contributed by atoms with Crippen LogP contribution in [0, 0.1) is 5.92 Å². The van der Waals surface area contributed by atoms with Crippen molar-refractivity contribution in [1.82, 2.24) is 10.2 Å². The first-order valence-corrected chi connectivity index (χ1v) is 7.27. The van der Waals surface area contributed by atoms with E-state index in [1.165, 1.54) is 0 Å². The van der Waals surface area contributed by atoms with Gasteiger partial charge in [0.25, 0.3) is 0 Å². The molecule has 2 rings (SSSR count). The number of carbonyl (C=O) groups excluding carboxylic acids is 2. The van der Waals surface area contributed by atoms with Crippen LogP contribution in [0.25, 0.3) is 0 Å². The number of carbonyl (C=O) groups is 2. The second-order valence-corrected chi connectivity index (χ2v) is 5.42. The molecule has 0 saturated carbocycles. The van der Waals surface area contributed by atoms with Crippen LogP contribution in [0.5, 0.6) is 5.75 Å². The van der Waals surface area contributed by atoms with Crippen molar-refractivity contribution in [2.75, 3.05) is 13.7 Å². The van der Waals surface area contributed by atoms with Crippen molar-refractivity contribution < 1.29 is 14.3 Å². The summed E-state index contributed by atoms with van der Waals surface area (Å²) in [5.74, 6) is 0.820. The molecule has 114 valence electrons.